The number of halogens is 2. The average molecular weight is 694 g/mol. The number of methoxy groups -OCH3 is 2. The van der Waals surface area contributed by atoms with E-state index in [0.29, 0.717) is 50.4 Å². The minimum absolute atomic E-state index is 0.0464. The molecule has 0 saturated heterocycles. The third kappa shape index (κ3) is 8.92. The first-order chi connectivity index (χ1) is 21.9. The summed E-state index contributed by atoms with van der Waals surface area (Å²) in [5.41, 5.74) is 2.50. The van der Waals surface area contributed by atoms with Gasteiger partial charge in [-0.1, -0.05) is 47.5 Å². The highest BCUT2D eigenvalue weighted by molar-refractivity contribution is 7.89. The monoisotopic (exact) mass is 692 g/mol. The average Bonchev–Trinajstić information content (AvgIpc) is 3.82. The summed E-state index contributed by atoms with van der Waals surface area (Å²) in [6, 6.07) is 14.1. The maximum absolute atomic E-state index is 13.2. The Labute approximate surface area is 279 Å². The Morgan fingerprint density at radius 3 is 2.09 bits per heavy atom. The molecule has 1 saturated carbocycles. The molecule has 0 bridgehead atoms. The first-order valence-electron chi connectivity index (χ1n) is 14.8. The minimum atomic E-state index is -3.84. The van der Waals surface area contributed by atoms with Crippen LogP contribution in [0, 0.1) is 5.41 Å². The van der Waals surface area contributed by atoms with E-state index in [-0.39, 0.29) is 33.8 Å². The third-order valence-electron chi connectivity index (χ3n) is 7.93. The second kappa shape index (κ2) is 15.5. The van der Waals surface area contributed by atoms with Crippen molar-refractivity contribution in [3.63, 3.8) is 0 Å². The standard InChI is InChI=1S/C33H38Cl2N2O8S/c1-4-45-20-22-15-28(43-2)30(29(16-22)44-3)23-8-6-21(7-9-23)14-27(31(38)39)37-32(40)33(11-12-33)10-5-13-36-46(41,42)26-18-24(34)17-25(35)19-26/h6-9,15-19,27,36H,4-5,10-14,20H2,1-3H3,(H,37,40)(H,38,39)/t27-/m0/s1. The molecular formula is C33H38Cl2N2O8S. The van der Waals surface area contributed by atoms with Crippen molar-refractivity contribution >= 4 is 45.1 Å². The van der Waals surface area contributed by atoms with Gasteiger partial charge < -0.3 is 24.6 Å². The number of nitrogens with one attached hydrogen (secondary N) is 2. The molecule has 1 aliphatic rings. The fourth-order valence-corrected chi connectivity index (χ4v) is 7.05. The van der Waals surface area contributed by atoms with Crippen LogP contribution < -0.4 is 19.5 Å². The van der Waals surface area contributed by atoms with Crippen LogP contribution in [-0.4, -0.2) is 58.8 Å². The molecule has 0 aliphatic heterocycles. The van der Waals surface area contributed by atoms with E-state index in [1.54, 1.807) is 14.2 Å². The normalized spacial score (nSPS) is 14.4. The van der Waals surface area contributed by atoms with Crippen molar-refractivity contribution in [2.75, 3.05) is 27.4 Å². The van der Waals surface area contributed by atoms with Gasteiger partial charge in [0, 0.05) is 35.0 Å². The number of carbonyl (C=O) groups excluding carboxylic acids is 1. The van der Waals surface area contributed by atoms with Crippen LogP contribution >= 0.6 is 23.2 Å². The molecule has 1 atom stereocenters. The number of amides is 1. The summed E-state index contributed by atoms with van der Waals surface area (Å²) >= 11 is 11.9. The SMILES string of the molecule is CCOCc1cc(OC)c(-c2ccc(C[C@H](NC(=O)C3(CCCNS(=O)(=O)c4cc(Cl)cc(Cl)c4)CC3)C(=O)O)cc2)c(OC)c1. The van der Waals surface area contributed by atoms with Crippen LogP contribution in [0.5, 0.6) is 11.5 Å². The van der Waals surface area contributed by atoms with Gasteiger partial charge in [0.1, 0.15) is 17.5 Å². The number of carbonyl (C=O) groups is 2. The molecule has 13 heteroatoms. The van der Waals surface area contributed by atoms with Crippen LogP contribution in [0.15, 0.2) is 59.5 Å². The van der Waals surface area contributed by atoms with Crippen molar-refractivity contribution in [2.45, 2.75) is 56.6 Å². The lowest BCUT2D eigenvalue weighted by molar-refractivity contribution is -0.142. The molecule has 0 spiro atoms. The Morgan fingerprint density at radius 2 is 1.57 bits per heavy atom. The zero-order valence-corrected chi connectivity index (χ0v) is 28.2. The summed E-state index contributed by atoms with van der Waals surface area (Å²) in [5, 5.41) is 13.0. The molecule has 1 aliphatic carbocycles. The molecule has 3 aromatic rings. The molecule has 248 valence electrons. The highest BCUT2D eigenvalue weighted by Gasteiger charge is 2.49. The Balaban J connectivity index is 1.37. The Hall–Kier alpha value is -3.35. The van der Waals surface area contributed by atoms with Crippen molar-refractivity contribution < 1.29 is 37.3 Å². The molecule has 0 unspecified atom stereocenters. The van der Waals surface area contributed by atoms with Gasteiger partial charge in [0.2, 0.25) is 15.9 Å². The number of sulfonamides is 1. The largest absolute Gasteiger partial charge is 0.496 e. The number of ether oxygens (including phenoxy) is 3. The van der Waals surface area contributed by atoms with Crippen LogP contribution in [0.2, 0.25) is 10.0 Å². The number of aliphatic carboxylic acids is 1. The van der Waals surface area contributed by atoms with E-state index in [4.69, 9.17) is 37.4 Å². The lowest BCUT2D eigenvalue weighted by Crippen LogP contribution is -2.45. The maximum atomic E-state index is 13.2. The van der Waals surface area contributed by atoms with Gasteiger partial charge in [0.15, 0.2) is 0 Å². The van der Waals surface area contributed by atoms with Gasteiger partial charge in [0.05, 0.1) is 31.3 Å². The highest BCUT2D eigenvalue weighted by atomic mass is 35.5. The van der Waals surface area contributed by atoms with E-state index in [9.17, 15) is 23.1 Å². The molecule has 0 radical (unpaired) electrons. The summed E-state index contributed by atoms with van der Waals surface area (Å²) < 4.78 is 44.6. The van der Waals surface area contributed by atoms with Crippen LogP contribution in [0.3, 0.4) is 0 Å². The first-order valence-corrected chi connectivity index (χ1v) is 17.1. The summed E-state index contributed by atoms with van der Waals surface area (Å²) in [6.45, 7) is 3.02. The predicted molar refractivity (Wildman–Crippen MR) is 176 cm³/mol. The van der Waals surface area contributed by atoms with Crippen LogP contribution in [0.25, 0.3) is 11.1 Å². The number of hydrogen-bond acceptors (Lipinski definition) is 7. The van der Waals surface area contributed by atoms with Crippen molar-refractivity contribution in [2.24, 2.45) is 5.41 Å². The van der Waals surface area contributed by atoms with Gasteiger partial charge in [-0.05, 0) is 79.6 Å². The topological polar surface area (TPSA) is 140 Å². The molecular weight excluding hydrogens is 655 g/mol. The van der Waals surface area contributed by atoms with E-state index < -0.39 is 27.4 Å². The molecule has 1 fully saturated rings. The zero-order valence-electron chi connectivity index (χ0n) is 25.9. The van der Waals surface area contributed by atoms with E-state index in [1.165, 1.54) is 18.2 Å². The van der Waals surface area contributed by atoms with Gasteiger partial charge in [0.25, 0.3) is 0 Å². The highest BCUT2D eigenvalue weighted by Crippen LogP contribution is 2.50. The Morgan fingerprint density at radius 1 is 0.957 bits per heavy atom. The zero-order chi connectivity index (χ0) is 33.5. The fraction of sp³-hybridized carbons (Fsp3) is 0.394. The molecule has 3 aromatic carbocycles. The summed E-state index contributed by atoms with van der Waals surface area (Å²) in [7, 11) is -0.672. The van der Waals surface area contributed by atoms with Gasteiger partial charge in [-0.2, -0.15) is 0 Å². The van der Waals surface area contributed by atoms with Crippen molar-refractivity contribution in [3.8, 4) is 22.6 Å². The van der Waals surface area contributed by atoms with Crippen molar-refractivity contribution in [3.05, 3.63) is 75.8 Å². The lowest BCUT2D eigenvalue weighted by Gasteiger charge is -2.20. The number of hydrogen-bond donors (Lipinski definition) is 3. The summed E-state index contributed by atoms with van der Waals surface area (Å²) in [4.78, 5) is 25.3. The molecule has 3 N–H and O–H groups in total. The first kappa shape index (κ1) is 35.5. The van der Waals surface area contributed by atoms with E-state index >= 15 is 0 Å². The van der Waals surface area contributed by atoms with Crippen LogP contribution in [0.1, 0.15) is 43.7 Å². The lowest BCUT2D eigenvalue weighted by atomic mass is 9.96. The van der Waals surface area contributed by atoms with Crippen LogP contribution in [0.4, 0.5) is 0 Å². The molecule has 0 heterocycles. The molecule has 10 nitrogen and oxygen atoms in total. The number of benzene rings is 3. The Kier molecular flexibility index (Phi) is 12.0. The van der Waals surface area contributed by atoms with Crippen molar-refractivity contribution in [1.29, 1.82) is 0 Å². The Bertz CT molecular complexity index is 1620. The van der Waals surface area contributed by atoms with E-state index in [2.05, 4.69) is 10.0 Å². The summed E-state index contributed by atoms with van der Waals surface area (Å²) in [6.07, 6.45) is 2.08. The molecule has 46 heavy (non-hydrogen) atoms. The minimum Gasteiger partial charge on any atom is -0.496 e. The second-order valence-electron chi connectivity index (χ2n) is 11.2. The molecule has 0 aromatic heterocycles. The fourth-order valence-electron chi connectivity index (χ4n) is 5.25. The maximum Gasteiger partial charge on any atom is 0.326 e. The summed E-state index contributed by atoms with van der Waals surface area (Å²) in [5.74, 6) is -0.250. The van der Waals surface area contributed by atoms with E-state index in [1.807, 2.05) is 43.3 Å². The second-order valence-corrected chi connectivity index (χ2v) is 13.8. The number of carboxylic acid groups (broad SMARTS) is 1. The third-order valence-corrected chi connectivity index (χ3v) is 9.81. The molecule has 4 rings (SSSR count). The van der Waals surface area contributed by atoms with Gasteiger partial charge in [-0.15, -0.1) is 0 Å². The van der Waals surface area contributed by atoms with Crippen molar-refractivity contribution in [1.82, 2.24) is 10.0 Å². The van der Waals surface area contributed by atoms with E-state index in [0.717, 1.165) is 22.3 Å². The molecule has 1 amide bonds. The van der Waals surface area contributed by atoms with Gasteiger partial charge in [-0.3, -0.25) is 4.79 Å². The quantitative estimate of drug-likeness (QED) is 0.149. The van der Waals surface area contributed by atoms with Crippen LogP contribution in [-0.2, 0) is 37.4 Å². The predicted octanol–water partition coefficient (Wildman–Crippen LogP) is 5.86. The van der Waals surface area contributed by atoms with Gasteiger partial charge in [-0.25, -0.2) is 17.9 Å². The smallest absolute Gasteiger partial charge is 0.326 e. The number of rotatable bonds is 17. The number of carboxylic acids is 1. The van der Waals surface area contributed by atoms with Gasteiger partial charge >= 0.3 is 5.97 Å².